The molecule has 1 amide bonds. The molecule has 0 saturated carbocycles. The van der Waals surface area contributed by atoms with Gasteiger partial charge in [-0.2, -0.15) is 0 Å². The summed E-state index contributed by atoms with van der Waals surface area (Å²) in [7, 11) is 0. The summed E-state index contributed by atoms with van der Waals surface area (Å²) in [4.78, 5) is 12.2. The number of β-amino-alcohol motifs (C(OH)–C–C–N with tert-alkyl or cyclic N) is 1. The lowest BCUT2D eigenvalue weighted by Crippen LogP contribution is -2.34. The fourth-order valence-corrected chi connectivity index (χ4v) is 3.06. The smallest absolute Gasteiger partial charge is 0.251 e. The summed E-state index contributed by atoms with van der Waals surface area (Å²) in [6.07, 6.45) is -0.485. The van der Waals surface area contributed by atoms with Crippen LogP contribution in [0.2, 0.25) is 0 Å². The zero-order valence-corrected chi connectivity index (χ0v) is 13.9. The van der Waals surface area contributed by atoms with Gasteiger partial charge in [0.2, 0.25) is 0 Å². The first-order valence-electron chi connectivity index (χ1n) is 8.19. The predicted octanol–water partition coefficient (Wildman–Crippen LogP) is 2.25. The molecule has 3 rings (SSSR count). The molecule has 0 bridgehead atoms. The number of amides is 1. The van der Waals surface area contributed by atoms with Crippen LogP contribution < -0.4 is 10.6 Å². The number of rotatable bonds is 4. The summed E-state index contributed by atoms with van der Waals surface area (Å²) in [5, 5.41) is 15.5. The maximum absolute atomic E-state index is 14.5. The Labute approximate surface area is 144 Å². The fourth-order valence-electron chi connectivity index (χ4n) is 3.06. The van der Waals surface area contributed by atoms with Gasteiger partial charge in [-0.25, -0.2) is 8.78 Å². The molecule has 3 N–H and O–H groups in total. The minimum Gasteiger partial charge on any atom is -0.391 e. The Morgan fingerprint density at radius 1 is 1.20 bits per heavy atom. The summed E-state index contributed by atoms with van der Waals surface area (Å²) in [6.45, 7) is 3.19. The van der Waals surface area contributed by atoms with E-state index in [-0.39, 0.29) is 23.2 Å². The topological polar surface area (TPSA) is 61.4 Å². The SMILES string of the molecule is Cc1cc(F)ccc1-c1ccc(C(=O)NCC2CNCC2O)cc1F. The van der Waals surface area contributed by atoms with Crippen molar-refractivity contribution >= 4 is 5.91 Å². The van der Waals surface area contributed by atoms with Crippen molar-refractivity contribution in [1.82, 2.24) is 10.6 Å². The Bertz CT molecular complexity index is 795. The molecule has 0 radical (unpaired) electrons. The van der Waals surface area contributed by atoms with Crippen LogP contribution in [0.3, 0.4) is 0 Å². The Balaban J connectivity index is 1.73. The molecule has 1 fully saturated rings. The van der Waals surface area contributed by atoms with Gasteiger partial charge in [0.15, 0.2) is 0 Å². The molecule has 1 aliphatic heterocycles. The zero-order valence-electron chi connectivity index (χ0n) is 13.9. The third-order valence-electron chi connectivity index (χ3n) is 4.54. The first kappa shape index (κ1) is 17.5. The summed E-state index contributed by atoms with van der Waals surface area (Å²) in [6, 6.07) is 8.39. The number of halogens is 2. The largest absolute Gasteiger partial charge is 0.391 e. The van der Waals surface area contributed by atoms with E-state index in [9.17, 15) is 18.7 Å². The standard InChI is InChI=1S/C19H20F2N2O2/c1-11-6-14(20)3-5-15(11)16-4-2-12(7-17(16)21)19(25)23-9-13-8-22-10-18(13)24/h2-7,13,18,22,24H,8-10H2,1H3,(H,23,25). The van der Waals surface area contributed by atoms with Gasteiger partial charge in [-0.1, -0.05) is 12.1 Å². The third kappa shape index (κ3) is 3.86. The van der Waals surface area contributed by atoms with Gasteiger partial charge < -0.3 is 15.7 Å². The predicted molar refractivity (Wildman–Crippen MR) is 91.2 cm³/mol. The highest BCUT2D eigenvalue weighted by Crippen LogP contribution is 2.27. The van der Waals surface area contributed by atoms with Gasteiger partial charge in [0, 0.05) is 36.7 Å². The molecular weight excluding hydrogens is 326 g/mol. The molecule has 2 aromatic rings. The van der Waals surface area contributed by atoms with E-state index in [2.05, 4.69) is 10.6 Å². The van der Waals surface area contributed by atoms with Crippen LogP contribution in [0.1, 0.15) is 15.9 Å². The normalized spacial score (nSPS) is 19.8. The van der Waals surface area contributed by atoms with E-state index >= 15 is 0 Å². The highest BCUT2D eigenvalue weighted by atomic mass is 19.1. The molecule has 0 spiro atoms. The molecule has 0 aromatic heterocycles. The monoisotopic (exact) mass is 346 g/mol. The Kier molecular flexibility index (Phi) is 5.11. The molecule has 0 aliphatic carbocycles. The minimum absolute atomic E-state index is 0.0464. The van der Waals surface area contributed by atoms with E-state index in [1.807, 2.05) is 0 Å². The van der Waals surface area contributed by atoms with Crippen LogP contribution in [0, 0.1) is 24.5 Å². The molecule has 132 valence electrons. The van der Waals surface area contributed by atoms with Gasteiger partial charge >= 0.3 is 0 Å². The number of benzene rings is 2. The second-order valence-electron chi connectivity index (χ2n) is 6.35. The van der Waals surface area contributed by atoms with Gasteiger partial charge in [-0.15, -0.1) is 0 Å². The van der Waals surface area contributed by atoms with Crippen molar-refractivity contribution in [3.8, 4) is 11.1 Å². The highest BCUT2D eigenvalue weighted by Gasteiger charge is 2.25. The van der Waals surface area contributed by atoms with Crippen molar-refractivity contribution in [3.05, 3.63) is 59.2 Å². The lowest BCUT2D eigenvalue weighted by Gasteiger charge is -2.14. The third-order valence-corrected chi connectivity index (χ3v) is 4.54. The summed E-state index contributed by atoms with van der Waals surface area (Å²) < 4.78 is 27.7. The summed E-state index contributed by atoms with van der Waals surface area (Å²) in [5.41, 5.74) is 1.75. The Morgan fingerprint density at radius 2 is 1.96 bits per heavy atom. The second-order valence-corrected chi connectivity index (χ2v) is 6.35. The van der Waals surface area contributed by atoms with Crippen molar-refractivity contribution in [1.29, 1.82) is 0 Å². The molecule has 25 heavy (non-hydrogen) atoms. The molecule has 1 heterocycles. The van der Waals surface area contributed by atoms with Crippen LogP contribution in [0.5, 0.6) is 0 Å². The zero-order chi connectivity index (χ0) is 18.0. The van der Waals surface area contributed by atoms with Crippen LogP contribution >= 0.6 is 0 Å². The van der Waals surface area contributed by atoms with Gasteiger partial charge in [0.1, 0.15) is 11.6 Å². The van der Waals surface area contributed by atoms with E-state index in [0.29, 0.717) is 36.3 Å². The van der Waals surface area contributed by atoms with Crippen molar-refractivity contribution in [3.63, 3.8) is 0 Å². The first-order chi connectivity index (χ1) is 12.0. The lowest BCUT2D eigenvalue weighted by atomic mass is 9.98. The first-order valence-corrected chi connectivity index (χ1v) is 8.19. The molecule has 2 atom stereocenters. The number of carbonyl (C=O) groups is 1. The van der Waals surface area contributed by atoms with Crippen LogP contribution in [0.15, 0.2) is 36.4 Å². The minimum atomic E-state index is -0.537. The van der Waals surface area contributed by atoms with Crippen molar-refractivity contribution in [2.24, 2.45) is 5.92 Å². The number of aryl methyl sites for hydroxylation is 1. The number of hydrogen-bond donors (Lipinski definition) is 3. The molecule has 1 aliphatic rings. The number of aliphatic hydroxyl groups excluding tert-OH is 1. The lowest BCUT2D eigenvalue weighted by molar-refractivity contribution is 0.0926. The van der Waals surface area contributed by atoms with E-state index in [4.69, 9.17) is 0 Å². The average molecular weight is 346 g/mol. The van der Waals surface area contributed by atoms with Gasteiger partial charge in [-0.05, 0) is 42.3 Å². The molecule has 1 saturated heterocycles. The molecule has 4 nitrogen and oxygen atoms in total. The van der Waals surface area contributed by atoms with Crippen molar-refractivity contribution < 1.29 is 18.7 Å². The van der Waals surface area contributed by atoms with Crippen molar-refractivity contribution in [2.45, 2.75) is 13.0 Å². The number of aliphatic hydroxyl groups is 1. The highest BCUT2D eigenvalue weighted by molar-refractivity contribution is 5.94. The van der Waals surface area contributed by atoms with Gasteiger partial charge in [-0.3, -0.25) is 4.79 Å². The maximum Gasteiger partial charge on any atom is 0.251 e. The number of hydrogen-bond acceptors (Lipinski definition) is 3. The molecule has 2 aromatic carbocycles. The fraction of sp³-hybridized carbons (Fsp3) is 0.316. The van der Waals surface area contributed by atoms with Crippen LogP contribution in [0.25, 0.3) is 11.1 Å². The Hall–Kier alpha value is -2.31. The van der Waals surface area contributed by atoms with E-state index in [1.165, 1.54) is 30.3 Å². The quantitative estimate of drug-likeness (QED) is 0.796. The van der Waals surface area contributed by atoms with Gasteiger partial charge in [0.25, 0.3) is 5.91 Å². The molecule has 6 heteroatoms. The van der Waals surface area contributed by atoms with Crippen molar-refractivity contribution in [2.75, 3.05) is 19.6 Å². The number of carbonyl (C=O) groups excluding carboxylic acids is 1. The summed E-state index contributed by atoms with van der Waals surface area (Å²) in [5.74, 6) is -1.35. The molecular formula is C19H20F2N2O2. The Morgan fingerprint density at radius 3 is 2.60 bits per heavy atom. The average Bonchev–Trinajstić information content (AvgIpc) is 2.98. The second kappa shape index (κ2) is 7.29. The van der Waals surface area contributed by atoms with E-state index in [0.717, 1.165) is 0 Å². The van der Waals surface area contributed by atoms with E-state index in [1.54, 1.807) is 13.0 Å². The van der Waals surface area contributed by atoms with E-state index < -0.39 is 11.9 Å². The van der Waals surface area contributed by atoms with Gasteiger partial charge in [0.05, 0.1) is 6.10 Å². The van der Waals surface area contributed by atoms with Crippen LogP contribution in [-0.4, -0.2) is 36.8 Å². The van der Waals surface area contributed by atoms with Crippen LogP contribution in [0.4, 0.5) is 8.78 Å². The van der Waals surface area contributed by atoms with Crippen LogP contribution in [-0.2, 0) is 0 Å². The molecule has 2 unspecified atom stereocenters. The number of nitrogens with one attached hydrogen (secondary N) is 2. The summed E-state index contributed by atoms with van der Waals surface area (Å²) >= 11 is 0. The maximum atomic E-state index is 14.5.